The van der Waals surface area contributed by atoms with E-state index >= 15 is 0 Å². The molecule has 3 rings (SSSR count). The lowest BCUT2D eigenvalue weighted by atomic mass is 10.2. The molecule has 0 unspecified atom stereocenters. The van der Waals surface area contributed by atoms with Crippen molar-refractivity contribution in [1.82, 2.24) is 4.57 Å². The van der Waals surface area contributed by atoms with E-state index in [-0.39, 0.29) is 12.5 Å². The maximum absolute atomic E-state index is 12.7. The summed E-state index contributed by atoms with van der Waals surface area (Å²) in [7, 11) is 1.85. The number of aromatic nitrogens is 1. The quantitative estimate of drug-likeness (QED) is 0.688. The molecule has 2 amide bonds. The van der Waals surface area contributed by atoms with E-state index in [2.05, 4.69) is 21.2 Å². The van der Waals surface area contributed by atoms with Crippen molar-refractivity contribution in [2.75, 3.05) is 11.9 Å². The number of hydrogen-bond acceptors (Lipinski definition) is 3. The summed E-state index contributed by atoms with van der Waals surface area (Å²) in [6.07, 6.45) is 0. The Hall–Kier alpha value is -2.80. The highest BCUT2D eigenvalue weighted by molar-refractivity contribution is 9.10. The first-order valence-electron chi connectivity index (χ1n) is 7.53. The number of hydrogen-bond donors (Lipinski definition) is 2. The Bertz CT molecular complexity index is 909. The van der Waals surface area contributed by atoms with Gasteiger partial charge in [-0.15, -0.1) is 0 Å². The number of halogens is 1. The summed E-state index contributed by atoms with van der Waals surface area (Å²) in [6.45, 7) is -0.186. The molecule has 0 atom stereocenters. The molecule has 0 saturated heterocycles. The second-order valence-electron chi connectivity index (χ2n) is 5.47. The molecule has 7 heteroatoms. The van der Waals surface area contributed by atoms with Crippen LogP contribution in [0, 0.1) is 0 Å². The second kappa shape index (κ2) is 6.98. The Balaban J connectivity index is 1.80. The van der Waals surface area contributed by atoms with Crippen LogP contribution < -0.4 is 15.8 Å². The molecule has 1 heterocycles. The number of carbonyl (C=O) groups excluding carboxylic acids is 2. The summed E-state index contributed by atoms with van der Waals surface area (Å²) in [6, 6.07) is 14.5. The minimum Gasteiger partial charge on any atom is -0.484 e. The summed E-state index contributed by atoms with van der Waals surface area (Å²) in [5, 5.41) is 3.83. The smallest absolute Gasteiger partial charge is 0.273 e. The van der Waals surface area contributed by atoms with Gasteiger partial charge in [-0.2, -0.15) is 0 Å². The molecule has 128 valence electrons. The highest BCUT2D eigenvalue weighted by atomic mass is 79.9. The number of aryl methyl sites for hydroxylation is 1. The van der Waals surface area contributed by atoms with E-state index in [1.54, 1.807) is 24.3 Å². The normalized spacial score (nSPS) is 10.6. The third-order valence-corrected chi connectivity index (χ3v) is 4.56. The maximum Gasteiger partial charge on any atom is 0.273 e. The van der Waals surface area contributed by atoms with E-state index < -0.39 is 5.91 Å². The summed E-state index contributed by atoms with van der Waals surface area (Å²) in [4.78, 5) is 23.4. The maximum atomic E-state index is 12.7. The molecule has 0 radical (unpaired) electrons. The minimum atomic E-state index is -0.544. The van der Waals surface area contributed by atoms with Crippen molar-refractivity contribution in [2.45, 2.75) is 0 Å². The van der Waals surface area contributed by atoms with Crippen LogP contribution in [0.4, 0.5) is 5.69 Å². The monoisotopic (exact) mass is 401 g/mol. The highest BCUT2D eigenvalue weighted by Crippen LogP contribution is 2.30. The van der Waals surface area contributed by atoms with Crippen LogP contribution in [-0.4, -0.2) is 23.0 Å². The Kier molecular flexibility index (Phi) is 4.76. The molecule has 0 aliphatic heterocycles. The standard InChI is InChI=1S/C18H16BrN3O3/c1-22-14-5-3-2-4-13(14)16(19)17(22)18(24)21-11-6-8-12(9-7-11)25-10-15(20)23/h2-9H,10H2,1H3,(H2,20,23)(H,21,24). The first kappa shape index (κ1) is 17.0. The molecule has 0 aliphatic rings. The van der Waals surface area contributed by atoms with Crippen LogP contribution in [0.5, 0.6) is 5.75 Å². The van der Waals surface area contributed by atoms with Gasteiger partial charge in [0.1, 0.15) is 11.4 Å². The summed E-state index contributed by atoms with van der Waals surface area (Å²) in [5.74, 6) is -0.267. The zero-order chi connectivity index (χ0) is 18.0. The van der Waals surface area contributed by atoms with Crippen molar-refractivity contribution < 1.29 is 14.3 Å². The van der Waals surface area contributed by atoms with E-state index in [4.69, 9.17) is 10.5 Å². The van der Waals surface area contributed by atoms with Gasteiger partial charge in [0.2, 0.25) is 0 Å². The number of nitrogens with one attached hydrogen (secondary N) is 1. The van der Waals surface area contributed by atoms with Gasteiger partial charge in [0, 0.05) is 23.6 Å². The molecule has 3 aromatic rings. The largest absolute Gasteiger partial charge is 0.484 e. The number of ether oxygens (including phenoxy) is 1. The fourth-order valence-electron chi connectivity index (χ4n) is 2.58. The predicted molar refractivity (Wildman–Crippen MR) is 99.7 cm³/mol. The number of primary amides is 1. The van der Waals surface area contributed by atoms with Crippen molar-refractivity contribution in [3.05, 3.63) is 58.7 Å². The number of rotatable bonds is 5. The molecule has 0 saturated carbocycles. The molecule has 2 aromatic carbocycles. The molecular weight excluding hydrogens is 386 g/mol. The topological polar surface area (TPSA) is 86.3 Å². The highest BCUT2D eigenvalue weighted by Gasteiger charge is 2.19. The number of fused-ring (bicyclic) bond motifs is 1. The first-order valence-corrected chi connectivity index (χ1v) is 8.32. The van der Waals surface area contributed by atoms with Crippen LogP contribution in [-0.2, 0) is 11.8 Å². The fraction of sp³-hybridized carbons (Fsp3) is 0.111. The molecule has 6 nitrogen and oxygen atoms in total. The number of amides is 2. The van der Waals surface area contributed by atoms with Gasteiger partial charge in [-0.3, -0.25) is 9.59 Å². The van der Waals surface area contributed by atoms with Crippen molar-refractivity contribution in [3.8, 4) is 5.75 Å². The SMILES string of the molecule is Cn1c(C(=O)Nc2ccc(OCC(N)=O)cc2)c(Br)c2ccccc21. The van der Waals surface area contributed by atoms with Crippen molar-refractivity contribution in [1.29, 1.82) is 0 Å². The minimum absolute atomic E-state index is 0.186. The van der Waals surface area contributed by atoms with Crippen LogP contribution >= 0.6 is 15.9 Å². The van der Waals surface area contributed by atoms with Gasteiger partial charge in [0.15, 0.2) is 6.61 Å². The summed E-state index contributed by atoms with van der Waals surface area (Å²) >= 11 is 3.52. The van der Waals surface area contributed by atoms with Gasteiger partial charge in [-0.05, 0) is 46.3 Å². The van der Waals surface area contributed by atoms with Crippen molar-refractivity contribution in [2.24, 2.45) is 12.8 Å². The number of benzene rings is 2. The van der Waals surface area contributed by atoms with E-state index in [9.17, 15) is 9.59 Å². The molecule has 1 aromatic heterocycles. The molecule has 3 N–H and O–H groups in total. The summed E-state index contributed by atoms with van der Waals surface area (Å²) in [5.41, 5.74) is 7.16. The van der Waals surface area contributed by atoms with Gasteiger partial charge in [-0.25, -0.2) is 0 Å². The van der Waals surface area contributed by atoms with Crippen LogP contribution in [0.3, 0.4) is 0 Å². The van der Waals surface area contributed by atoms with Crippen LogP contribution in [0.25, 0.3) is 10.9 Å². The fourth-order valence-corrected chi connectivity index (χ4v) is 3.36. The molecule has 0 spiro atoms. The van der Waals surface area contributed by atoms with Crippen LogP contribution in [0.1, 0.15) is 10.5 Å². The van der Waals surface area contributed by atoms with E-state index in [1.165, 1.54) is 0 Å². The van der Waals surface area contributed by atoms with Crippen molar-refractivity contribution >= 4 is 44.3 Å². The molecule has 0 aliphatic carbocycles. The van der Waals surface area contributed by atoms with Gasteiger partial charge in [-0.1, -0.05) is 18.2 Å². The molecule has 0 fully saturated rings. The van der Waals surface area contributed by atoms with Gasteiger partial charge in [0.25, 0.3) is 11.8 Å². The zero-order valence-corrected chi connectivity index (χ0v) is 15.0. The Morgan fingerprint density at radius 1 is 1.16 bits per heavy atom. The third-order valence-electron chi connectivity index (χ3n) is 3.75. The first-order chi connectivity index (χ1) is 12.0. The molecule has 0 bridgehead atoms. The van der Waals surface area contributed by atoms with Crippen LogP contribution in [0.2, 0.25) is 0 Å². The Labute approximate surface area is 152 Å². The van der Waals surface area contributed by atoms with Gasteiger partial charge in [0.05, 0.1) is 4.47 Å². The lowest BCUT2D eigenvalue weighted by Crippen LogP contribution is -2.20. The van der Waals surface area contributed by atoms with Crippen LogP contribution in [0.15, 0.2) is 53.0 Å². The number of carbonyl (C=O) groups is 2. The summed E-state index contributed by atoms with van der Waals surface area (Å²) < 4.78 is 7.79. The number of anilines is 1. The van der Waals surface area contributed by atoms with E-state index in [1.807, 2.05) is 35.9 Å². The zero-order valence-electron chi connectivity index (χ0n) is 13.5. The van der Waals surface area contributed by atoms with Crippen molar-refractivity contribution in [3.63, 3.8) is 0 Å². The second-order valence-corrected chi connectivity index (χ2v) is 6.27. The van der Waals surface area contributed by atoms with Gasteiger partial charge < -0.3 is 20.4 Å². The Morgan fingerprint density at radius 2 is 1.84 bits per heavy atom. The average Bonchev–Trinajstić information content (AvgIpc) is 2.86. The average molecular weight is 402 g/mol. The number of para-hydroxylation sites is 1. The predicted octanol–water partition coefficient (Wildman–Crippen LogP) is 3.06. The van der Waals surface area contributed by atoms with Gasteiger partial charge >= 0.3 is 0 Å². The molecule has 25 heavy (non-hydrogen) atoms. The van der Waals surface area contributed by atoms with E-state index in [0.29, 0.717) is 17.1 Å². The number of nitrogens with zero attached hydrogens (tertiary/aromatic N) is 1. The third kappa shape index (κ3) is 3.51. The van der Waals surface area contributed by atoms with E-state index in [0.717, 1.165) is 15.4 Å². The molecular formula is C18H16BrN3O3. The lowest BCUT2D eigenvalue weighted by molar-refractivity contribution is -0.119. The lowest BCUT2D eigenvalue weighted by Gasteiger charge is -2.09. The Morgan fingerprint density at radius 3 is 2.48 bits per heavy atom. The number of nitrogens with two attached hydrogens (primary N) is 1.